The summed E-state index contributed by atoms with van der Waals surface area (Å²) in [6.07, 6.45) is 1.92. The van der Waals surface area contributed by atoms with Gasteiger partial charge in [0.1, 0.15) is 5.82 Å². The average molecular weight is 261 g/mol. The maximum Gasteiger partial charge on any atom is 0.227 e. The Balaban J connectivity index is 1.79. The lowest BCUT2D eigenvalue weighted by molar-refractivity contribution is 0.358. The molecule has 2 aromatic rings. The molecule has 2 heterocycles. The van der Waals surface area contributed by atoms with Crippen molar-refractivity contribution in [2.24, 2.45) is 5.92 Å². The maximum atomic E-state index is 13.4. The SMILES string of the molecule is Cc1cc(F)cc(-c2noc(CC3CCNC3)n2)c1. The van der Waals surface area contributed by atoms with Gasteiger partial charge in [0.2, 0.25) is 11.7 Å². The maximum absolute atomic E-state index is 13.4. The topological polar surface area (TPSA) is 51.0 Å². The molecule has 1 unspecified atom stereocenters. The number of halogens is 1. The smallest absolute Gasteiger partial charge is 0.227 e. The van der Waals surface area contributed by atoms with Crippen molar-refractivity contribution in [3.63, 3.8) is 0 Å². The molecule has 5 heteroatoms. The zero-order valence-corrected chi connectivity index (χ0v) is 10.8. The Kier molecular flexibility index (Phi) is 3.29. The summed E-state index contributed by atoms with van der Waals surface area (Å²) in [4.78, 5) is 4.35. The van der Waals surface area contributed by atoms with Crippen molar-refractivity contribution in [1.82, 2.24) is 15.5 Å². The van der Waals surface area contributed by atoms with E-state index in [1.165, 1.54) is 12.1 Å². The van der Waals surface area contributed by atoms with Gasteiger partial charge in [-0.05, 0) is 56.1 Å². The molecule has 1 N–H and O–H groups in total. The summed E-state index contributed by atoms with van der Waals surface area (Å²) in [5.41, 5.74) is 1.51. The minimum atomic E-state index is -0.277. The predicted octanol–water partition coefficient (Wildman–Crippen LogP) is 2.34. The minimum absolute atomic E-state index is 0.277. The highest BCUT2D eigenvalue weighted by molar-refractivity contribution is 5.55. The monoisotopic (exact) mass is 261 g/mol. The first-order chi connectivity index (χ1) is 9.20. The van der Waals surface area contributed by atoms with Crippen LogP contribution in [0.25, 0.3) is 11.4 Å². The van der Waals surface area contributed by atoms with Crippen LogP contribution in [0.15, 0.2) is 22.7 Å². The Labute approximate surface area is 111 Å². The van der Waals surface area contributed by atoms with Crippen molar-refractivity contribution in [2.75, 3.05) is 13.1 Å². The van der Waals surface area contributed by atoms with E-state index in [1.54, 1.807) is 0 Å². The average Bonchev–Trinajstić information content (AvgIpc) is 2.99. The highest BCUT2D eigenvalue weighted by Crippen LogP contribution is 2.21. The van der Waals surface area contributed by atoms with Crippen molar-refractivity contribution < 1.29 is 8.91 Å². The fourth-order valence-electron chi connectivity index (χ4n) is 2.46. The molecule has 1 aliphatic rings. The molecule has 0 spiro atoms. The Morgan fingerprint density at radius 3 is 3.05 bits per heavy atom. The quantitative estimate of drug-likeness (QED) is 0.921. The molecule has 1 aliphatic heterocycles. The Bertz CT molecular complexity index is 556. The van der Waals surface area contributed by atoms with Gasteiger partial charge >= 0.3 is 0 Å². The van der Waals surface area contributed by atoms with E-state index in [0.717, 1.165) is 31.5 Å². The molecule has 1 fully saturated rings. The van der Waals surface area contributed by atoms with E-state index >= 15 is 0 Å². The van der Waals surface area contributed by atoms with E-state index in [4.69, 9.17) is 4.52 Å². The number of aromatic nitrogens is 2. The molecule has 0 radical (unpaired) electrons. The van der Waals surface area contributed by atoms with Crippen LogP contribution in [0.5, 0.6) is 0 Å². The molecule has 1 atom stereocenters. The summed E-state index contributed by atoms with van der Waals surface area (Å²) in [7, 11) is 0. The number of hydrogen-bond acceptors (Lipinski definition) is 4. The van der Waals surface area contributed by atoms with E-state index < -0.39 is 0 Å². The third-order valence-electron chi connectivity index (χ3n) is 3.39. The summed E-state index contributed by atoms with van der Waals surface area (Å²) in [5.74, 6) is 1.37. The highest BCUT2D eigenvalue weighted by atomic mass is 19.1. The fourth-order valence-corrected chi connectivity index (χ4v) is 2.46. The van der Waals surface area contributed by atoms with Gasteiger partial charge in [0.25, 0.3) is 0 Å². The van der Waals surface area contributed by atoms with Crippen LogP contribution in [0.1, 0.15) is 17.9 Å². The second-order valence-corrected chi connectivity index (χ2v) is 5.09. The molecule has 1 saturated heterocycles. The third-order valence-corrected chi connectivity index (χ3v) is 3.39. The summed E-state index contributed by atoms with van der Waals surface area (Å²) >= 11 is 0. The minimum Gasteiger partial charge on any atom is -0.339 e. The largest absolute Gasteiger partial charge is 0.339 e. The van der Waals surface area contributed by atoms with Crippen LogP contribution in [-0.2, 0) is 6.42 Å². The number of aryl methyl sites for hydroxylation is 1. The lowest BCUT2D eigenvalue weighted by Crippen LogP contribution is -2.10. The Morgan fingerprint density at radius 2 is 2.32 bits per heavy atom. The van der Waals surface area contributed by atoms with Crippen LogP contribution in [0.2, 0.25) is 0 Å². The van der Waals surface area contributed by atoms with Gasteiger partial charge in [0, 0.05) is 12.0 Å². The second kappa shape index (κ2) is 5.09. The van der Waals surface area contributed by atoms with Gasteiger partial charge in [0.05, 0.1) is 0 Å². The van der Waals surface area contributed by atoms with Crippen LogP contribution < -0.4 is 5.32 Å². The van der Waals surface area contributed by atoms with Crippen LogP contribution in [0.3, 0.4) is 0 Å². The van der Waals surface area contributed by atoms with E-state index in [-0.39, 0.29) is 5.82 Å². The zero-order valence-electron chi connectivity index (χ0n) is 10.8. The molecule has 0 amide bonds. The molecule has 0 aliphatic carbocycles. The molecule has 100 valence electrons. The van der Waals surface area contributed by atoms with E-state index in [2.05, 4.69) is 15.5 Å². The van der Waals surface area contributed by atoms with E-state index in [1.807, 2.05) is 13.0 Å². The van der Waals surface area contributed by atoms with Crippen LogP contribution >= 0.6 is 0 Å². The van der Waals surface area contributed by atoms with E-state index in [0.29, 0.717) is 23.2 Å². The Hall–Kier alpha value is -1.75. The molecule has 1 aromatic carbocycles. The standard InChI is InChI=1S/C14H16FN3O/c1-9-4-11(7-12(15)5-9)14-17-13(19-18-14)6-10-2-3-16-8-10/h4-5,7,10,16H,2-3,6,8H2,1H3. The number of rotatable bonds is 3. The van der Waals surface area contributed by atoms with Gasteiger partial charge in [-0.15, -0.1) is 0 Å². The first-order valence-corrected chi connectivity index (χ1v) is 6.51. The Morgan fingerprint density at radius 1 is 1.42 bits per heavy atom. The summed E-state index contributed by atoms with van der Waals surface area (Å²) in [6.45, 7) is 3.89. The lowest BCUT2D eigenvalue weighted by Gasteiger charge is -2.02. The third kappa shape index (κ3) is 2.81. The molecule has 0 saturated carbocycles. The molecule has 1 aromatic heterocycles. The van der Waals surface area contributed by atoms with Gasteiger partial charge in [-0.25, -0.2) is 4.39 Å². The van der Waals surface area contributed by atoms with Crippen LogP contribution in [0.4, 0.5) is 4.39 Å². The summed E-state index contributed by atoms with van der Waals surface area (Å²) in [5, 5.41) is 7.24. The zero-order chi connectivity index (χ0) is 13.2. The van der Waals surface area contributed by atoms with Crippen molar-refractivity contribution in [3.8, 4) is 11.4 Å². The summed E-state index contributed by atoms with van der Waals surface area (Å²) < 4.78 is 18.6. The first kappa shape index (κ1) is 12.3. The second-order valence-electron chi connectivity index (χ2n) is 5.09. The van der Waals surface area contributed by atoms with Crippen molar-refractivity contribution in [3.05, 3.63) is 35.5 Å². The fraction of sp³-hybridized carbons (Fsp3) is 0.429. The molecule has 4 nitrogen and oxygen atoms in total. The van der Waals surface area contributed by atoms with Crippen molar-refractivity contribution >= 4 is 0 Å². The molecular formula is C14H16FN3O. The van der Waals surface area contributed by atoms with Crippen LogP contribution in [-0.4, -0.2) is 23.2 Å². The summed E-state index contributed by atoms with van der Waals surface area (Å²) in [6, 6.07) is 4.77. The molecule has 19 heavy (non-hydrogen) atoms. The lowest BCUT2D eigenvalue weighted by atomic mass is 10.1. The predicted molar refractivity (Wildman–Crippen MR) is 69.1 cm³/mol. The number of nitrogens with one attached hydrogen (secondary N) is 1. The van der Waals surface area contributed by atoms with Gasteiger partial charge in [-0.1, -0.05) is 5.16 Å². The van der Waals surface area contributed by atoms with Crippen LogP contribution in [0, 0.1) is 18.7 Å². The van der Waals surface area contributed by atoms with Gasteiger partial charge in [-0.3, -0.25) is 0 Å². The molecule has 3 rings (SSSR count). The van der Waals surface area contributed by atoms with Crippen molar-refractivity contribution in [2.45, 2.75) is 19.8 Å². The first-order valence-electron chi connectivity index (χ1n) is 6.51. The van der Waals surface area contributed by atoms with Gasteiger partial charge < -0.3 is 9.84 Å². The highest BCUT2D eigenvalue weighted by Gasteiger charge is 2.19. The number of hydrogen-bond donors (Lipinski definition) is 1. The van der Waals surface area contributed by atoms with Gasteiger partial charge in [0.15, 0.2) is 0 Å². The van der Waals surface area contributed by atoms with Crippen molar-refractivity contribution in [1.29, 1.82) is 0 Å². The number of benzene rings is 1. The number of nitrogens with zero attached hydrogens (tertiary/aromatic N) is 2. The van der Waals surface area contributed by atoms with E-state index in [9.17, 15) is 4.39 Å². The van der Waals surface area contributed by atoms with Gasteiger partial charge in [-0.2, -0.15) is 4.98 Å². The normalized spacial score (nSPS) is 18.9. The molecule has 0 bridgehead atoms. The molecular weight excluding hydrogens is 245 g/mol.